The van der Waals surface area contributed by atoms with Crippen molar-refractivity contribution in [3.63, 3.8) is 0 Å². The van der Waals surface area contributed by atoms with Crippen LogP contribution in [0.1, 0.15) is 36.3 Å². The van der Waals surface area contributed by atoms with Crippen LogP contribution in [0.4, 0.5) is 5.00 Å². The molecule has 0 spiro atoms. The average molecular weight is 256 g/mol. The first-order valence-corrected chi connectivity index (χ1v) is 6.08. The van der Waals surface area contributed by atoms with Gasteiger partial charge in [-0.3, -0.25) is 4.79 Å². The summed E-state index contributed by atoms with van der Waals surface area (Å²) in [5, 5.41) is 9.48. The molecule has 0 bridgehead atoms. The van der Waals surface area contributed by atoms with Gasteiger partial charge in [-0.05, 0) is 24.4 Å². The average Bonchev–Trinajstić information content (AvgIpc) is 2.57. The molecule has 0 unspecified atom stereocenters. The molecule has 0 saturated carbocycles. The minimum Gasteiger partial charge on any atom is -0.478 e. The molecule has 0 atom stereocenters. The summed E-state index contributed by atoms with van der Waals surface area (Å²) in [5.41, 5.74) is 0.566. The van der Waals surface area contributed by atoms with E-state index < -0.39 is 5.97 Å². The number of anilines is 1. The predicted molar refractivity (Wildman–Crippen MR) is 66.7 cm³/mol. The number of carbonyl (C=O) groups is 2. The van der Waals surface area contributed by atoms with Crippen molar-refractivity contribution in [1.29, 1.82) is 0 Å². The summed E-state index contributed by atoms with van der Waals surface area (Å²) in [6, 6.07) is 0. The van der Waals surface area contributed by atoms with Gasteiger partial charge in [0.05, 0.1) is 5.69 Å². The quantitative estimate of drug-likeness (QED) is 0.896. The van der Waals surface area contributed by atoms with Crippen molar-refractivity contribution in [2.75, 3.05) is 11.9 Å². The SMILES string of the molecule is Cc1nsc(N(C)C(=O)CC(C)C)c1C(=O)O. The van der Waals surface area contributed by atoms with E-state index in [1.54, 1.807) is 14.0 Å². The van der Waals surface area contributed by atoms with Gasteiger partial charge >= 0.3 is 5.97 Å². The molecule has 0 aliphatic heterocycles. The lowest BCUT2D eigenvalue weighted by Crippen LogP contribution is -2.27. The zero-order valence-corrected chi connectivity index (χ0v) is 11.2. The Kier molecular flexibility index (Phi) is 4.22. The number of hydrogen-bond acceptors (Lipinski definition) is 4. The van der Waals surface area contributed by atoms with Crippen LogP contribution in [0.5, 0.6) is 0 Å². The predicted octanol–water partition coefficient (Wildman–Crippen LogP) is 2.16. The Morgan fingerprint density at radius 2 is 2.06 bits per heavy atom. The summed E-state index contributed by atoms with van der Waals surface area (Å²) in [4.78, 5) is 24.3. The number of carbonyl (C=O) groups excluding carboxylic acids is 1. The second kappa shape index (κ2) is 5.27. The summed E-state index contributed by atoms with van der Waals surface area (Å²) < 4.78 is 3.99. The van der Waals surface area contributed by atoms with E-state index in [1.165, 1.54) is 4.90 Å². The monoisotopic (exact) mass is 256 g/mol. The van der Waals surface area contributed by atoms with Crippen LogP contribution in [0.3, 0.4) is 0 Å². The zero-order chi connectivity index (χ0) is 13.2. The number of aromatic nitrogens is 1. The van der Waals surface area contributed by atoms with E-state index in [9.17, 15) is 9.59 Å². The Morgan fingerprint density at radius 3 is 2.53 bits per heavy atom. The summed E-state index contributed by atoms with van der Waals surface area (Å²) in [5.74, 6) is -0.895. The number of aryl methyl sites for hydroxylation is 1. The van der Waals surface area contributed by atoms with E-state index in [1.807, 2.05) is 13.8 Å². The number of amides is 1. The standard InChI is InChI=1S/C11H16N2O3S/c1-6(2)5-8(14)13(4)10-9(11(15)16)7(3)12-17-10/h6H,5H2,1-4H3,(H,15,16). The Morgan fingerprint density at radius 1 is 1.47 bits per heavy atom. The second-order valence-corrected chi connectivity index (χ2v) is 5.06. The Bertz CT molecular complexity index is 440. The fourth-order valence-corrected chi connectivity index (χ4v) is 2.30. The topological polar surface area (TPSA) is 70.5 Å². The molecule has 1 N–H and O–H groups in total. The Labute approximate surface area is 104 Å². The molecule has 1 amide bonds. The van der Waals surface area contributed by atoms with Gasteiger partial charge in [-0.15, -0.1) is 0 Å². The maximum atomic E-state index is 11.8. The van der Waals surface area contributed by atoms with Gasteiger partial charge in [0.25, 0.3) is 0 Å². The van der Waals surface area contributed by atoms with E-state index >= 15 is 0 Å². The van der Waals surface area contributed by atoms with Gasteiger partial charge in [0.15, 0.2) is 0 Å². The lowest BCUT2D eigenvalue weighted by atomic mass is 10.1. The first-order chi connectivity index (χ1) is 7.84. The molecule has 1 heterocycles. The molecule has 17 heavy (non-hydrogen) atoms. The number of nitrogens with zero attached hydrogens (tertiary/aromatic N) is 2. The highest BCUT2D eigenvalue weighted by Crippen LogP contribution is 2.28. The van der Waals surface area contributed by atoms with Crippen molar-refractivity contribution in [2.45, 2.75) is 27.2 Å². The summed E-state index contributed by atoms with van der Waals surface area (Å²) in [6.45, 7) is 5.52. The molecule has 6 heteroatoms. The highest BCUT2D eigenvalue weighted by molar-refractivity contribution is 7.11. The molecule has 0 aliphatic rings. The van der Waals surface area contributed by atoms with E-state index in [0.717, 1.165) is 11.5 Å². The van der Waals surface area contributed by atoms with Crippen molar-refractivity contribution in [3.05, 3.63) is 11.3 Å². The molecule has 0 saturated heterocycles. The van der Waals surface area contributed by atoms with Crippen LogP contribution in [0, 0.1) is 12.8 Å². The van der Waals surface area contributed by atoms with Crippen LogP contribution in [-0.4, -0.2) is 28.4 Å². The third-order valence-corrected chi connectivity index (χ3v) is 3.34. The van der Waals surface area contributed by atoms with Crippen molar-refractivity contribution in [2.24, 2.45) is 5.92 Å². The third-order valence-electron chi connectivity index (χ3n) is 2.32. The number of hydrogen-bond donors (Lipinski definition) is 1. The van der Waals surface area contributed by atoms with Crippen molar-refractivity contribution in [3.8, 4) is 0 Å². The Balaban J connectivity index is 3.00. The van der Waals surface area contributed by atoms with Crippen LogP contribution in [0.2, 0.25) is 0 Å². The largest absolute Gasteiger partial charge is 0.478 e. The van der Waals surface area contributed by atoms with E-state index in [0.29, 0.717) is 17.1 Å². The lowest BCUT2D eigenvalue weighted by Gasteiger charge is -2.16. The molecule has 1 rings (SSSR count). The van der Waals surface area contributed by atoms with Gasteiger partial charge < -0.3 is 10.0 Å². The van der Waals surface area contributed by atoms with Crippen LogP contribution < -0.4 is 4.90 Å². The number of carboxylic acids is 1. The van der Waals surface area contributed by atoms with Crippen molar-refractivity contribution >= 4 is 28.4 Å². The summed E-state index contributed by atoms with van der Waals surface area (Å²) >= 11 is 1.04. The minimum atomic E-state index is -1.05. The molecule has 0 fully saturated rings. The molecular formula is C11H16N2O3S. The number of carboxylic acid groups (broad SMARTS) is 1. The fourth-order valence-electron chi connectivity index (χ4n) is 1.43. The van der Waals surface area contributed by atoms with Crippen LogP contribution in [0.25, 0.3) is 0 Å². The van der Waals surface area contributed by atoms with Gasteiger partial charge in [0.1, 0.15) is 10.6 Å². The van der Waals surface area contributed by atoms with Crippen LogP contribution in [0.15, 0.2) is 0 Å². The van der Waals surface area contributed by atoms with Gasteiger partial charge in [-0.25, -0.2) is 4.79 Å². The van der Waals surface area contributed by atoms with Crippen LogP contribution >= 0.6 is 11.5 Å². The number of rotatable bonds is 4. The highest BCUT2D eigenvalue weighted by Gasteiger charge is 2.23. The van der Waals surface area contributed by atoms with Gasteiger partial charge in [-0.1, -0.05) is 13.8 Å². The second-order valence-electron chi connectivity index (χ2n) is 4.30. The molecular weight excluding hydrogens is 240 g/mol. The Hall–Kier alpha value is -1.43. The normalized spacial score (nSPS) is 10.6. The first-order valence-electron chi connectivity index (χ1n) is 5.30. The van der Waals surface area contributed by atoms with E-state index in [4.69, 9.17) is 5.11 Å². The van der Waals surface area contributed by atoms with Gasteiger partial charge in [0.2, 0.25) is 5.91 Å². The smallest absolute Gasteiger partial charge is 0.340 e. The summed E-state index contributed by atoms with van der Waals surface area (Å²) in [6.07, 6.45) is 0.395. The molecule has 1 aromatic rings. The molecule has 0 aromatic carbocycles. The van der Waals surface area contributed by atoms with Crippen LogP contribution in [-0.2, 0) is 4.79 Å². The summed E-state index contributed by atoms with van der Waals surface area (Å²) in [7, 11) is 1.59. The number of aromatic carboxylic acids is 1. The maximum Gasteiger partial charge on any atom is 0.340 e. The first kappa shape index (κ1) is 13.6. The van der Waals surface area contributed by atoms with Crippen molar-refractivity contribution in [1.82, 2.24) is 4.37 Å². The third kappa shape index (κ3) is 3.03. The molecule has 1 aromatic heterocycles. The molecule has 0 radical (unpaired) electrons. The molecule has 5 nitrogen and oxygen atoms in total. The minimum absolute atomic E-state index is 0.0915. The van der Waals surface area contributed by atoms with E-state index in [-0.39, 0.29) is 17.4 Å². The zero-order valence-electron chi connectivity index (χ0n) is 10.4. The van der Waals surface area contributed by atoms with Crippen molar-refractivity contribution < 1.29 is 14.7 Å². The molecule has 94 valence electrons. The van der Waals surface area contributed by atoms with Gasteiger partial charge in [-0.2, -0.15) is 4.37 Å². The fraction of sp³-hybridized carbons (Fsp3) is 0.545. The lowest BCUT2D eigenvalue weighted by molar-refractivity contribution is -0.118. The molecule has 0 aliphatic carbocycles. The van der Waals surface area contributed by atoms with E-state index in [2.05, 4.69) is 4.37 Å². The highest BCUT2D eigenvalue weighted by atomic mass is 32.1. The van der Waals surface area contributed by atoms with Gasteiger partial charge in [0, 0.05) is 13.5 Å². The maximum absolute atomic E-state index is 11.8.